The van der Waals surface area contributed by atoms with Gasteiger partial charge in [0.1, 0.15) is 11.5 Å². The molecule has 0 bridgehead atoms. The van der Waals surface area contributed by atoms with Gasteiger partial charge in [0.2, 0.25) is 0 Å². The molecule has 7 heteroatoms. The van der Waals surface area contributed by atoms with Crippen molar-refractivity contribution in [3.63, 3.8) is 0 Å². The minimum Gasteiger partial charge on any atom is -0.507 e. The standard InChI is InChI=1S/2C6H5ClOS.2C5H5.Zr/c2*7-9-6-4-2-1-3-5(6)8;2*1-2-4-5-3-1;/h2*1-4,8H;2*1-3H,4H2;/q;;2*-1;+2. The molecular weight excluding hydrogens is 523 g/mol. The molecule has 2 nitrogen and oxygen atoms in total. The Morgan fingerprint density at radius 3 is 1.24 bits per heavy atom. The molecule has 0 atom stereocenters. The van der Waals surface area contributed by atoms with Crippen LogP contribution in [0.2, 0.25) is 0 Å². The average Bonchev–Trinajstić information content (AvgIpc) is 3.48. The SMILES string of the molecule is Oc1ccccc1SCl.Oc1ccccc1SCl.[C-]1=CC=CC1.[C-]1=CC=CC1.[Zr+2]. The Kier molecular flexibility index (Phi) is 18.6. The average molecular weight is 543 g/mol. The van der Waals surface area contributed by atoms with Gasteiger partial charge in [-0.05, 0) is 67.6 Å². The number of allylic oxidation sites excluding steroid dienone is 8. The maximum Gasteiger partial charge on any atom is 2.00 e. The van der Waals surface area contributed by atoms with Crippen molar-refractivity contribution in [2.45, 2.75) is 22.6 Å². The van der Waals surface area contributed by atoms with Crippen molar-refractivity contribution in [3.05, 3.63) is 97.1 Å². The van der Waals surface area contributed by atoms with Gasteiger partial charge in [0.05, 0.1) is 9.79 Å². The fraction of sp³-hybridized carbons (Fsp3) is 0.0909. The van der Waals surface area contributed by atoms with Crippen LogP contribution in [0.25, 0.3) is 0 Å². The summed E-state index contributed by atoms with van der Waals surface area (Å²) in [7, 11) is 12.8. The Bertz CT molecular complexity index is 721. The van der Waals surface area contributed by atoms with Crippen LogP contribution >= 0.6 is 43.3 Å². The third kappa shape index (κ3) is 13.9. The van der Waals surface area contributed by atoms with Crippen LogP contribution in [-0.2, 0) is 26.2 Å². The molecule has 2 aromatic carbocycles. The van der Waals surface area contributed by atoms with Crippen molar-refractivity contribution in [3.8, 4) is 11.5 Å². The molecule has 29 heavy (non-hydrogen) atoms. The van der Waals surface area contributed by atoms with Crippen molar-refractivity contribution in [1.29, 1.82) is 0 Å². The van der Waals surface area contributed by atoms with Gasteiger partial charge in [-0.15, -0.1) is 12.8 Å². The smallest absolute Gasteiger partial charge is 0.507 e. The van der Waals surface area contributed by atoms with E-state index < -0.39 is 0 Å². The zero-order valence-corrected chi connectivity index (χ0v) is 21.1. The molecule has 0 saturated carbocycles. The molecule has 0 aromatic heterocycles. The van der Waals surface area contributed by atoms with E-state index in [4.69, 9.17) is 31.6 Å². The summed E-state index contributed by atoms with van der Waals surface area (Å²) in [5.41, 5.74) is 0. The largest absolute Gasteiger partial charge is 2.00 e. The molecule has 0 spiro atoms. The number of hydrogen-bond acceptors (Lipinski definition) is 4. The Hall–Kier alpha value is -0.837. The van der Waals surface area contributed by atoms with Crippen molar-refractivity contribution in [2.75, 3.05) is 0 Å². The van der Waals surface area contributed by atoms with E-state index in [0.29, 0.717) is 9.79 Å². The summed E-state index contributed by atoms with van der Waals surface area (Å²) in [4.78, 5) is 1.39. The van der Waals surface area contributed by atoms with Gasteiger partial charge in [-0.25, -0.2) is 24.3 Å². The molecule has 0 radical (unpaired) electrons. The fourth-order valence-corrected chi connectivity index (χ4v) is 3.06. The van der Waals surface area contributed by atoms with Crippen LogP contribution in [0.1, 0.15) is 12.8 Å². The van der Waals surface area contributed by atoms with Crippen LogP contribution in [-0.4, -0.2) is 10.2 Å². The summed E-state index contributed by atoms with van der Waals surface area (Å²) in [6, 6.07) is 13.9. The molecule has 2 N–H and O–H groups in total. The maximum atomic E-state index is 9.01. The van der Waals surface area contributed by atoms with Gasteiger partial charge in [0.15, 0.2) is 0 Å². The van der Waals surface area contributed by atoms with E-state index in [1.54, 1.807) is 36.4 Å². The van der Waals surface area contributed by atoms with Gasteiger partial charge in [-0.2, -0.15) is 12.2 Å². The summed E-state index contributed by atoms with van der Waals surface area (Å²) in [6.07, 6.45) is 20.0. The van der Waals surface area contributed by atoms with Crippen molar-refractivity contribution < 1.29 is 36.4 Å². The first kappa shape index (κ1) is 28.2. The number of phenols is 2. The second-order valence-electron chi connectivity index (χ2n) is 5.10. The summed E-state index contributed by atoms with van der Waals surface area (Å²) in [5, 5.41) is 18.0. The topological polar surface area (TPSA) is 40.5 Å². The number of hydrogen-bond donors (Lipinski definition) is 2. The molecular formula is C22H20Cl2O2S2Zr. The van der Waals surface area contributed by atoms with E-state index in [2.05, 4.69) is 24.3 Å². The van der Waals surface area contributed by atoms with Crippen LogP contribution in [0.5, 0.6) is 11.5 Å². The van der Waals surface area contributed by atoms with Gasteiger partial charge in [0.25, 0.3) is 0 Å². The second kappa shape index (κ2) is 19.1. The summed E-state index contributed by atoms with van der Waals surface area (Å²) in [6.45, 7) is 0. The maximum absolute atomic E-state index is 9.01. The predicted molar refractivity (Wildman–Crippen MR) is 123 cm³/mol. The van der Waals surface area contributed by atoms with Crippen LogP contribution < -0.4 is 0 Å². The number of para-hydroxylation sites is 2. The fourth-order valence-electron chi connectivity index (χ4n) is 1.73. The summed E-state index contributed by atoms with van der Waals surface area (Å²) < 4.78 is 0. The van der Waals surface area contributed by atoms with Crippen molar-refractivity contribution in [1.82, 2.24) is 0 Å². The Labute approximate surface area is 209 Å². The Balaban J connectivity index is 0.000000369. The summed E-state index contributed by atoms with van der Waals surface area (Å²) in [5.74, 6) is 0.468. The first-order valence-electron chi connectivity index (χ1n) is 8.25. The van der Waals surface area contributed by atoms with Crippen molar-refractivity contribution >= 4 is 43.3 Å². The van der Waals surface area contributed by atoms with Gasteiger partial charge >= 0.3 is 26.2 Å². The van der Waals surface area contributed by atoms with Gasteiger partial charge in [-0.3, -0.25) is 12.2 Å². The van der Waals surface area contributed by atoms with Crippen LogP contribution in [0.15, 0.2) is 94.8 Å². The van der Waals surface area contributed by atoms with Gasteiger partial charge < -0.3 is 10.2 Å². The van der Waals surface area contributed by atoms with E-state index in [0.717, 1.165) is 34.8 Å². The van der Waals surface area contributed by atoms with E-state index in [1.165, 1.54) is 0 Å². The number of halogens is 2. The first-order valence-corrected chi connectivity index (χ1v) is 11.5. The molecule has 0 saturated heterocycles. The molecule has 4 rings (SSSR count). The number of phenolic OH excluding ortho intramolecular Hbond substituents is 2. The zero-order chi connectivity index (χ0) is 20.5. The number of benzene rings is 2. The molecule has 0 heterocycles. The van der Waals surface area contributed by atoms with Gasteiger partial charge in [-0.1, -0.05) is 24.3 Å². The van der Waals surface area contributed by atoms with Crippen LogP contribution in [0, 0.1) is 12.2 Å². The molecule has 0 aliphatic heterocycles. The number of rotatable bonds is 2. The second-order valence-corrected chi connectivity index (χ2v) is 7.21. The Morgan fingerprint density at radius 2 is 1.07 bits per heavy atom. The minimum absolute atomic E-state index is 0. The van der Waals surface area contributed by atoms with E-state index in [-0.39, 0.29) is 37.7 Å². The molecule has 0 amide bonds. The van der Waals surface area contributed by atoms with Crippen molar-refractivity contribution in [2.24, 2.45) is 0 Å². The normalized spacial score (nSPS) is 11.9. The predicted octanol–water partition coefficient (Wildman–Crippen LogP) is 7.89. The van der Waals surface area contributed by atoms with E-state index in [1.807, 2.05) is 36.4 Å². The molecule has 0 unspecified atom stereocenters. The van der Waals surface area contributed by atoms with Crippen LogP contribution in [0.3, 0.4) is 0 Å². The molecule has 150 valence electrons. The third-order valence-electron chi connectivity index (χ3n) is 3.07. The monoisotopic (exact) mass is 540 g/mol. The summed E-state index contributed by atoms with van der Waals surface area (Å²) >= 11 is 0. The third-order valence-corrected chi connectivity index (χ3v) is 5.09. The first-order chi connectivity index (χ1) is 13.7. The Morgan fingerprint density at radius 1 is 0.690 bits per heavy atom. The molecule has 2 aromatic rings. The molecule has 0 fully saturated rings. The number of aromatic hydroxyl groups is 2. The van der Waals surface area contributed by atoms with E-state index in [9.17, 15) is 0 Å². The molecule has 2 aliphatic carbocycles. The van der Waals surface area contributed by atoms with Gasteiger partial charge in [0, 0.05) is 0 Å². The zero-order valence-electron chi connectivity index (χ0n) is 15.5. The van der Waals surface area contributed by atoms with Crippen LogP contribution in [0.4, 0.5) is 0 Å². The minimum atomic E-state index is 0. The molecule has 2 aliphatic rings. The quantitative estimate of drug-likeness (QED) is 0.379. The van der Waals surface area contributed by atoms with E-state index >= 15 is 0 Å².